The first-order chi connectivity index (χ1) is 13.9. The van der Waals surface area contributed by atoms with Gasteiger partial charge in [0.15, 0.2) is 0 Å². The summed E-state index contributed by atoms with van der Waals surface area (Å²) in [5.74, 6) is -0.00896. The molecule has 0 radical (unpaired) electrons. The first kappa shape index (κ1) is 20.3. The highest BCUT2D eigenvalue weighted by Crippen LogP contribution is 2.18. The van der Waals surface area contributed by atoms with Crippen molar-refractivity contribution in [2.75, 3.05) is 5.32 Å². The van der Waals surface area contributed by atoms with E-state index in [1.54, 1.807) is 30.6 Å². The molecule has 2 N–H and O–H groups in total. The van der Waals surface area contributed by atoms with Gasteiger partial charge in [0.1, 0.15) is 12.2 Å². The smallest absolute Gasteiger partial charge is 0.274 e. The molecule has 1 atom stereocenters. The molecule has 3 aromatic rings. The Labute approximate surface area is 170 Å². The number of pyridine rings is 1. The third kappa shape index (κ3) is 5.51. The highest BCUT2D eigenvalue weighted by molar-refractivity contribution is 6.02. The van der Waals surface area contributed by atoms with Crippen LogP contribution in [0.25, 0.3) is 0 Å². The second kappa shape index (κ2) is 9.14. The number of nitrogens with zero attached hydrogens (tertiary/aromatic N) is 3. The van der Waals surface area contributed by atoms with Gasteiger partial charge < -0.3 is 10.6 Å². The van der Waals surface area contributed by atoms with Crippen LogP contribution in [0.1, 0.15) is 54.3 Å². The average molecular weight is 391 g/mol. The van der Waals surface area contributed by atoms with E-state index in [-0.39, 0.29) is 24.4 Å². The van der Waals surface area contributed by atoms with Crippen LogP contribution in [0.5, 0.6) is 0 Å². The number of nitrogens with one attached hydrogen (secondary N) is 2. The summed E-state index contributed by atoms with van der Waals surface area (Å²) in [4.78, 5) is 28.5. The molecule has 1 aromatic carbocycles. The van der Waals surface area contributed by atoms with Gasteiger partial charge in [-0.2, -0.15) is 5.10 Å². The number of benzene rings is 1. The predicted molar refractivity (Wildman–Crippen MR) is 112 cm³/mol. The summed E-state index contributed by atoms with van der Waals surface area (Å²) in [6.45, 7) is 6.31. The van der Waals surface area contributed by atoms with Gasteiger partial charge in [0, 0.05) is 12.4 Å². The number of rotatable bonds is 7. The zero-order valence-corrected chi connectivity index (χ0v) is 16.8. The Kier molecular flexibility index (Phi) is 6.39. The highest BCUT2D eigenvalue weighted by Gasteiger charge is 2.12. The second-order valence-corrected chi connectivity index (χ2v) is 7.21. The zero-order chi connectivity index (χ0) is 20.8. The van der Waals surface area contributed by atoms with E-state index < -0.39 is 0 Å². The Morgan fingerprint density at radius 1 is 1.03 bits per heavy atom. The van der Waals surface area contributed by atoms with Gasteiger partial charge in [-0.15, -0.1) is 0 Å². The van der Waals surface area contributed by atoms with Crippen LogP contribution in [0.3, 0.4) is 0 Å². The summed E-state index contributed by atoms with van der Waals surface area (Å²) in [5.41, 5.74) is 3.14. The quantitative estimate of drug-likeness (QED) is 0.645. The van der Waals surface area contributed by atoms with Gasteiger partial charge in [-0.05, 0) is 36.1 Å². The lowest BCUT2D eigenvalue weighted by atomic mass is 9.99. The molecule has 0 aliphatic carbocycles. The van der Waals surface area contributed by atoms with E-state index >= 15 is 0 Å². The third-order valence-electron chi connectivity index (χ3n) is 4.57. The molecule has 2 aromatic heterocycles. The zero-order valence-electron chi connectivity index (χ0n) is 16.8. The van der Waals surface area contributed by atoms with Crippen LogP contribution in [0.15, 0.2) is 61.1 Å². The Morgan fingerprint density at radius 3 is 2.41 bits per heavy atom. The first-order valence-corrected chi connectivity index (χ1v) is 9.56. The lowest BCUT2D eigenvalue weighted by molar-refractivity contribution is -0.122. The number of anilines is 1. The SMILES string of the molecule is CC(C)c1ccc([C@@H](C)NC(=O)Cn2cc(NC(=O)c3ccccn3)cn2)cc1. The number of carbonyl (C=O) groups excluding carboxylic acids is 2. The van der Waals surface area contributed by atoms with Crippen LogP contribution in [-0.4, -0.2) is 26.6 Å². The van der Waals surface area contributed by atoms with E-state index in [1.807, 2.05) is 19.1 Å². The number of carbonyl (C=O) groups is 2. The van der Waals surface area contributed by atoms with Gasteiger partial charge in [0.05, 0.1) is 17.9 Å². The molecule has 0 saturated carbocycles. The van der Waals surface area contributed by atoms with Crippen LogP contribution in [0.2, 0.25) is 0 Å². The van der Waals surface area contributed by atoms with Crippen LogP contribution in [-0.2, 0) is 11.3 Å². The van der Waals surface area contributed by atoms with Gasteiger partial charge in [-0.3, -0.25) is 19.3 Å². The topological polar surface area (TPSA) is 88.9 Å². The predicted octanol–water partition coefficient (Wildman–Crippen LogP) is 3.53. The van der Waals surface area contributed by atoms with Crippen molar-refractivity contribution in [3.05, 3.63) is 77.9 Å². The fraction of sp³-hybridized carbons (Fsp3) is 0.273. The number of hydrogen-bond donors (Lipinski definition) is 2. The average Bonchev–Trinajstić information content (AvgIpc) is 3.15. The molecule has 0 spiro atoms. The number of hydrogen-bond acceptors (Lipinski definition) is 4. The molecule has 0 fully saturated rings. The lowest BCUT2D eigenvalue weighted by Gasteiger charge is -2.15. The van der Waals surface area contributed by atoms with E-state index in [9.17, 15) is 9.59 Å². The Balaban J connectivity index is 1.53. The summed E-state index contributed by atoms with van der Waals surface area (Å²) >= 11 is 0. The van der Waals surface area contributed by atoms with Crippen molar-refractivity contribution in [3.8, 4) is 0 Å². The van der Waals surface area contributed by atoms with Crippen molar-refractivity contribution in [3.63, 3.8) is 0 Å². The summed E-state index contributed by atoms with van der Waals surface area (Å²) in [6, 6.07) is 13.3. The van der Waals surface area contributed by atoms with Crippen molar-refractivity contribution in [1.82, 2.24) is 20.1 Å². The Bertz CT molecular complexity index is 964. The van der Waals surface area contributed by atoms with E-state index in [0.29, 0.717) is 17.3 Å². The summed E-state index contributed by atoms with van der Waals surface area (Å²) in [7, 11) is 0. The minimum atomic E-state index is -0.326. The second-order valence-electron chi connectivity index (χ2n) is 7.21. The minimum Gasteiger partial charge on any atom is -0.348 e. The van der Waals surface area contributed by atoms with Crippen LogP contribution in [0, 0.1) is 0 Å². The van der Waals surface area contributed by atoms with Crippen molar-refractivity contribution in [2.24, 2.45) is 0 Å². The molecular weight excluding hydrogens is 366 g/mol. The van der Waals surface area contributed by atoms with Gasteiger partial charge in [0.2, 0.25) is 5.91 Å². The van der Waals surface area contributed by atoms with Crippen LogP contribution >= 0.6 is 0 Å². The minimum absolute atomic E-state index is 0.0634. The maximum Gasteiger partial charge on any atom is 0.274 e. The molecule has 150 valence electrons. The molecular formula is C22H25N5O2. The summed E-state index contributed by atoms with van der Waals surface area (Å²) in [6.07, 6.45) is 4.67. The van der Waals surface area contributed by atoms with Gasteiger partial charge in [-0.25, -0.2) is 0 Å². The fourth-order valence-corrected chi connectivity index (χ4v) is 2.89. The van der Waals surface area contributed by atoms with E-state index in [0.717, 1.165) is 5.56 Å². The summed E-state index contributed by atoms with van der Waals surface area (Å²) < 4.78 is 1.48. The van der Waals surface area contributed by atoms with Gasteiger partial charge >= 0.3 is 0 Å². The standard InChI is InChI=1S/C22H25N5O2/c1-15(2)17-7-9-18(10-8-17)16(3)25-21(28)14-27-13-19(12-24-27)26-22(29)20-6-4-5-11-23-20/h4-13,15-16H,14H2,1-3H3,(H,25,28)(H,26,29)/t16-/m1/s1. The molecule has 0 unspecified atom stereocenters. The van der Waals surface area contributed by atoms with Crippen molar-refractivity contribution < 1.29 is 9.59 Å². The molecule has 2 heterocycles. The lowest BCUT2D eigenvalue weighted by Crippen LogP contribution is -2.30. The molecule has 0 bridgehead atoms. The maximum atomic E-state index is 12.4. The molecule has 0 aliphatic rings. The Morgan fingerprint density at radius 2 is 1.76 bits per heavy atom. The maximum absolute atomic E-state index is 12.4. The fourth-order valence-electron chi connectivity index (χ4n) is 2.89. The highest BCUT2D eigenvalue weighted by atomic mass is 16.2. The molecule has 3 rings (SSSR count). The number of aromatic nitrogens is 3. The molecule has 29 heavy (non-hydrogen) atoms. The number of amides is 2. The third-order valence-corrected chi connectivity index (χ3v) is 4.57. The Hall–Kier alpha value is -3.48. The molecule has 0 saturated heterocycles. The van der Waals surface area contributed by atoms with E-state index in [2.05, 4.69) is 46.7 Å². The van der Waals surface area contributed by atoms with Crippen LogP contribution < -0.4 is 10.6 Å². The van der Waals surface area contributed by atoms with E-state index in [1.165, 1.54) is 16.4 Å². The largest absolute Gasteiger partial charge is 0.348 e. The van der Waals surface area contributed by atoms with Crippen molar-refractivity contribution >= 4 is 17.5 Å². The summed E-state index contributed by atoms with van der Waals surface area (Å²) in [5, 5.41) is 9.82. The monoisotopic (exact) mass is 391 g/mol. The van der Waals surface area contributed by atoms with Gasteiger partial charge in [0.25, 0.3) is 5.91 Å². The first-order valence-electron chi connectivity index (χ1n) is 9.56. The van der Waals surface area contributed by atoms with Gasteiger partial charge in [-0.1, -0.05) is 44.2 Å². The molecule has 7 nitrogen and oxygen atoms in total. The molecule has 0 aliphatic heterocycles. The van der Waals surface area contributed by atoms with Crippen molar-refractivity contribution in [1.29, 1.82) is 0 Å². The molecule has 7 heteroatoms. The molecule has 2 amide bonds. The van der Waals surface area contributed by atoms with E-state index in [4.69, 9.17) is 0 Å². The van der Waals surface area contributed by atoms with Crippen molar-refractivity contribution in [2.45, 2.75) is 39.3 Å². The van der Waals surface area contributed by atoms with Crippen LogP contribution in [0.4, 0.5) is 5.69 Å². The normalized spacial score (nSPS) is 11.9.